The van der Waals surface area contributed by atoms with Crippen molar-refractivity contribution in [3.63, 3.8) is 0 Å². The SMILES string of the molecule is CC(CO)CSC(C(N)=O)c1ccc(Br)cc1. The van der Waals surface area contributed by atoms with E-state index < -0.39 is 0 Å². The van der Waals surface area contributed by atoms with E-state index in [2.05, 4.69) is 15.9 Å². The van der Waals surface area contributed by atoms with Crippen molar-refractivity contribution < 1.29 is 9.90 Å². The molecule has 1 aromatic rings. The first kappa shape index (κ1) is 14.5. The molecule has 0 aliphatic rings. The van der Waals surface area contributed by atoms with Gasteiger partial charge in [0.1, 0.15) is 5.25 Å². The molecule has 3 N–H and O–H groups in total. The number of nitrogens with two attached hydrogens (primary N) is 1. The average Bonchev–Trinajstić information content (AvgIpc) is 2.31. The van der Waals surface area contributed by atoms with Crippen LogP contribution < -0.4 is 5.73 Å². The third-order valence-corrected chi connectivity index (χ3v) is 4.42. The molecule has 94 valence electrons. The lowest BCUT2D eigenvalue weighted by molar-refractivity contribution is -0.117. The molecule has 3 nitrogen and oxygen atoms in total. The van der Waals surface area contributed by atoms with Crippen LogP contribution in [0.3, 0.4) is 0 Å². The number of amides is 1. The van der Waals surface area contributed by atoms with Gasteiger partial charge in [-0.15, -0.1) is 11.8 Å². The molecule has 2 atom stereocenters. The van der Waals surface area contributed by atoms with Gasteiger partial charge in [0.05, 0.1) is 0 Å². The van der Waals surface area contributed by atoms with Gasteiger partial charge in [-0.2, -0.15) is 0 Å². The van der Waals surface area contributed by atoms with E-state index in [0.29, 0.717) is 5.75 Å². The van der Waals surface area contributed by atoms with Gasteiger partial charge in [0, 0.05) is 11.1 Å². The number of halogens is 1. The van der Waals surface area contributed by atoms with Crippen LogP contribution in [0.15, 0.2) is 28.7 Å². The van der Waals surface area contributed by atoms with Crippen LogP contribution in [0, 0.1) is 5.92 Å². The Bertz CT molecular complexity index is 369. The molecule has 0 aliphatic heterocycles. The van der Waals surface area contributed by atoms with Crippen LogP contribution in [-0.4, -0.2) is 23.4 Å². The molecule has 0 radical (unpaired) electrons. The zero-order chi connectivity index (χ0) is 12.8. The Morgan fingerprint density at radius 1 is 1.47 bits per heavy atom. The fourth-order valence-corrected chi connectivity index (χ4v) is 2.70. The van der Waals surface area contributed by atoms with E-state index in [1.807, 2.05) is 31.2 Å². The number of benzene rings is 1. The number of carbonyl (C=O) groups excluding carboxylic acids is 1. The highest BCUT2D eigenvalue weighted by atomic mass is 79.9. The third kappa shape index (κ3) is 4.69. The van der Waals surface area contributed by atoms with Crippen molar-refractivity contribution in [2.75, 3.05) is 12.4 Å². The largest absolute Gasteiger partial charge is 0.396 e. The minimum Gasteiger partial charge on any atom is -0.396 e. The molecule has 0 fully saturated rings. The molecule has 1 rings (SSSR count). The highest BCUT2D eigenvalue weighted by Gasteiger charge is 2.19. The zero-order valence-corrected chi connectivity index (χ0v) is 12.0. The quantitative estimate of drug-likeness (QED) is 0.846. The Morgan fingerprint density at radius 2 is 2.06 bits per heavy atom. The summed E-state index contributed by atoms with van der Waals surface area (Å²) in [5.41, 5.74) is 6.30. The Hall–Kier alpha value is -0.520. The van der Waals surface area contributed by atoms with Crippen molar-refractivity contribution in [1.82, 2.24) is 0 Å². The molecule has 0 heterocycles. The molecule has 0 saturated carbocycles. The summed E-state index contributed by atoms with van der Waals surface area (Å²) in [5.74, 6) is 0.528. The topological polar surface area (TPSA) is 63.3 Å². The molecule has 1 aromatic carbocycles. The standard InChI is InChI=1S/C12H16BrNO2S/c1-8(6-15)7-17-11(12(14)16)9-2-4-10(13)5-3-9/h2-5,8,11,15H,6-7H2,1H3,(H2,14,16). The number of aliphatic hydroxyl groups is 1. The van der Waals surface area contributed by atoms with Gasteiger partial charge >= 0.3 is 0 Å². The van der Waals surface area contributed by atoms with Gasteiger partial charge in [0.25, 0.3) is 0 Å². The molecule has 1 amide bonds. The number of rotatable bonds is 6. The normalized spacial score (nSPS) is 14.3. The summed E-state index contributed by atoms with van der Waals surface area (Å²) >= 11 is 4.82. The van der Waals surface area contributed by atoms with Crippen LogP contribution in [-0.2, 0) is 4.79 Å². The zero-order valence-electron chi connectivity index (χ0n) is 9.60. The maximum absolute atomic E-state index is 11.4. The second-order valence-electron chi connectivity index (χ2n) is 3.96. The summed E-state index contributed by atoms with van der Waals surface area (Å²) in [6, 6.07) is 7.55. The number of aliphatic hydroxyl groups excluding tert-OH is 1. The van der Waals surface area contributed by atoms with E-state index in [1.165, 1.54) is 11.8 Å². The Labute approximate surface area is 114 Å². The molecule has 0 aromatic heterocycles. The first-order valence-electron chi connectivity index (χ1n) is 5.31. The first-order valence-corrected chi connectivity index (χ1v) is 7.16. The van der Waals surface area contributed by atoms with Gasteiger partial charge in [-0.1, -0.05) is 35.0 Å². The fraction of sp³-hybridized carbons (Fsp3) is 0.417. The monoisotopic (exact) mass is 317 g/mol. The van der Waals surface area contributed by atoms with Crippen molar-refractivity contribution in [2.45, 2.75) is 12.2 Å². The van der Waals surface area contributed by atoms with Crippen molar-refractivity contribution >= 4 is 33.6 Å². The third-order valence-electron chi connectivity index (χ3n) is 2.29. The van der Waals surface area contributed by atoms with Crippen LogP contribution in [0.25, 0.3) is 0 Å². The predicted octanol–water partition coefficient (Wildman–Crippen LogP) is 2.34. The smallest absolute Gasteiger partial charge is 0.235 e. The summed E-state index contributed by atoms with van der Waals surface area (Å²) < 4.78 is 0.971. The number of carbonyl (C=O) groups is 1. The molecule has 2 unspecified atom stereocenters. The lowest BCUT2D eigenvalue weighted by Gasteiger charge is -2.15. The van der Waals surface area contributed by atoms with Gasteiger partial charge < -0.3 is 10.8 Å². The minimum absolute atomic E-state index is 0.124. The van der Waals surface area contributed by atoms with Crippen LogP contribution >= 0.6 is 27.7 Å². The summed E-state index contributed by atoms with van der Waals surface area (Å²) in [6.45, 7) is 2.06. The summed E-state index contributed by atoms with van der Waals surface area (Å²) in [4.78, 5) is 11.4. The fourth-order valence-electron chi connectivity index (χ4n) is 1.29. The number of primary amides is 1. The van der Waals surface area contributed by atoms with Crippen molar-refractivity contribution in [3.8, 4) is 0 Å². The second kappa shape index (κ2) is 7.03. The Morgan fingerprint density at radius 3 is 2.53 bits per heavy atom. The molecule has 5 heteroatoms. The molecule has 17 heavy (non-hydrogen) atoms. The van der Waals surface area contributed by atoms with E-state index >= 15 is 0 Å². The van der Waals surface area contributed by atoms with Crippen molar-refractivity contribution in [3.05, 3.63) is 34.3 Å². The first-order chi connectivity index (χ1) is 8.04. The van der Waals surface area contributed by atoms with Crippen LogP contribution in [0.1, 0.15) is 17.7 Å². The van der Waals surface area contributed by atoms with Gasteiger partial charge in [0.2, 0.25) is 5.91 Å². The van der Waals surface area contributed by atoms with Gasteiger partial charge in [0.15, 0.2) is 0 Å². The number of hydrogen-bond donors (Lipinski definition) is 2. The lowest BCUT2D eigenvalue weighted by Crippen LogP contribution is -2.20. The highest BCUT2D eigenvalue weighted by molar-refractivity contribution is 9.10. The molecule has 0 spiro atoms. The number of thioether (sulfide) groups is 1. The van der Waals surface area contributed by atoms with Gasteiger partial charge in [-0.25, -0.2) is 0 Å². The van der Waals surface area contributed by atoms with Crippen LogP contribution in [0.5, 0.6) is 0 Å². The van der Waals surface area contributed by atoms with Crippen molar-refractivity contribution in [1.29, 1.82) is 0 Å². The maximum Gasteiger partial charge on any atom is 0.235 e. The van der Waals surface area contributed by atoms with E-state index in [1.54, 1.807) is 0 Å². The highest BCUT2D eigenvalue weighted by Crippen LogP contribution is 2.30. The second-order valence-corrected chi connectivity index (χ2v) is 6.01. The Kier molecular flexibility index (Phi) is 6.02. The number of hydrogen-bond acceptors (Lipinski definition) is 3. The molecular weight excluding hydrogens is 302 g/mol. The van der Waals surface area contributed by atoms with E-state index in [9.17, 15) is 4.79 Å². The predicted molar refractivity (Wildman–Crippen MR) is 74.8 cm³/mol. The lowest BCUT2D eigenvalue weighted by atomic mass is 10.1. The van der Waals surface area contributed by atoms with Crippen molar-refractivity contribution in [2.24, 2.45) is 11.7 Å². The summed E-state index contributed by atoms with van der Waals surface area (Å²) in [7, 11) is 0. The van der Waals surface area contributed by atoms with Gasteiger partial charge in [-0.3, -0.25) is 4.79 Å². The van der Waals surface area contributed by atoms with E-state index in [4.69, 9.17) is 10.8 Å². The van der Waals surface area contributed by atoms with Crippen LogP contribution in [0.2, 0.25) is 0 Å². The molecule has 0 saturated heterocycles. The van der Waals surface area contributed by atoms with E-state index in [-0.39, 0.29) is 23.7 Å². The van der Waals surface area contributed by atoms with E-state index in [0.717, 1.165) is 10.0 Å². The summed E-state index contributed by atoms with van der Waals surface area (Å²) in [6.07, 6.45) is 0. The molecular formula is C12H16BrNO2S. The maximum atomic E-state index is 11.4. The average molecular weight is 318 g/mol. The summed E-state index contributed by atoms with van der Waals surface area (Å²) in [5, 5.41) is 8.61. The Balaban J connectivity index is 2.72. The minimum atomic E-state index is -0.350. The molecule has 0 bridgehead atoms. The van der Waals surface area contributed by atoms with Gasteiger partial charge in [-0.05, 0) is 29.4 Å². The van der Waals surface area contributed by atoms with Crippen LogP contribution in [0.4, 0.5) is 0 Å². The molecule has 0 aliphatic carbocycles.